The number of nitro groups is 2. The maximum atomic E-state index is 12.2. The maximum absolute atomic E-state index is 12.2. The average Bonchev–Trinajstić information content (AvgIpc) is 2.76. The first-order valence-corrected chi connectivity index (χ1v) is 9.61. The smallest absolute Gasteiger partial charge is 0.277 e. The van der Waals surface area contributed by atoms with Crippen LogP contribution in [0.4, 0.5) is 17.1 Å². The van der Waals surface area contributed by atoms with E-state index in [9.17, 15) is 34.6 Å². The van der Waals surface area contributed by atoms with Crippen molar-refractivity contribution in [2.24, 2.45) is 0 Å². The number of anilines is 1. The number of non-ortho nitro benzene ring substituents is 2. The molecule has 3 N–H and O–H groups in total. The second kappa shape index (κ2) is 11.2. The Labute approximate surface area is 182 Å². The standard InChI is InChI=1S/C20H21N5O7/c1-2-3-18(26)23-15-6-4-13(5-7-15)19(27)21-8-9-22-20(28)14-10-16(24(29)30)12-17(11-14)25(31)32/h4-7,10-12H,2-3,8-9H2,1H3,(H,21,27)(H,22,28)(H,23,26). The molecule has 0 spiro atoms. The lowest BCUT2D eigenvalue weighted by Crippen LogP contribution is -2.34. The Morgan fingerprint density at radius 3 is 1.78 bits per heavy atom. The van der Waals surface area contributed by atoms with Crippen LogP contribution in [0, 0.1) is 20.2 Å². The molecule has 0 aliphatic heterocycles. The first kappa shape index (κ1) is 23.9. The molecule has 12 nitrogen and oxygen atoms in total. The number of rotatable bonds is 10. The average molecular weight is 443 g/mol. The highest BCUT2D eigenvalue weighted by Gasteiger charge is 2.19. The van der Waals surface area contributed by atoms with E-state index in [1.54, 1.807) is 12.1 Å². The number of hydrogen-bond acceptors (Lipinski definition) is 7. The summed E-state index contributed by atoms with van der Waals surface area (Å²) in [6.07, 6.45) is 1.12. The van der Waals surface area contributed by atoms with Gasteiger partial charge in [-0.3, -0.25) is 34.6 Å². The van der Waals surface area contributed by atoms with Crippen molar-refractivity contribution in [2.45, 2.75) is 19.8 Å². The van der Waals surface area contributed by atoms with Gasteiger partial charge < -0.3 is 16.0 Å². The van der Waals surface area contributed by atoms with Crippen LogP contribution in [0.25, 0.3) is 0 Å². The van der Waals surface area contributed by atoms with Crippen LogP contribution in [0.5, 0.6) is 0 Å². The number of nitrogens with zero attached hydrogens (tertiary/aromatic N) is 2. The molecule has 12 heteroatoms. The molecule has 3 amide bonds. The molecule has 0 radical (unpaired) electrons. The van der Waals surface area contributed by atoms with Crippen molar-refractivity contribution in [3.05, 3.63) is 73.8 Å². The summed E-state index contributed by atoms with van der Waals surface area (Å²) in [6.45, 7) is 1.94. The first-order chi connectivity index (χ1) is 15.2. The van der Waals surface area contributed by atoms with Crippen LogP contribution in [0.15, 0.2) is 42.5 Å². The van der Waals surface area contributed by atoms with Gasteiger partial charge in [-0.1, -0.05) is 6.92 Å². The molecule has 168 valence electrons. The Morgan fingerprint density at radius 1 is 0.812 bits per heavy atom. The number of carbonyl (C=O) groups is 3. The van der Waals surface area contributed by atoms with E-state index in [1.807, 2.05) is 6.92 Å². The molecule has 2 aromatic rings. The molecule has 0 saturated heterocycles. The van der Waals surface area contributed by atoms with Gasteiger partial charge >= 0.3 is 0 Å². The molecule has 0 aliphatic carbocycles. The van der Waals surface area contributed by atoms with E-state index in [0.29, 0.717) is 17.7 Å². The van der Waals surface area contributed by atoms with Crippen LogP contribution in [-0.4, -0.2) is 40.7 Å². The van der Waals surface area contributed by atoms with Crippen LogP contribution < -0.4 is 16.0 Å². The summed E-state index contributed by atoms with van der Waals surface area (Å²) in [6, 6.07) is 8.90. The summed E-state index contributed by atoms with van der Waals surface area (Å²) in [5, 5.41) is 29.5. The fourth-order valence-electron chi connectivity index (χ4n) is 2.65. The zero-order chi connectivity index (χ0) is 23.7. The van der Waals surface area contributed by atoms with Gasteiger partial charge in [-0.25, -0.2) is 0 Å². The second-order valence-corrected chi connectivity index (χ2v) is 6.64. The third-order valence-corrected chi connectivity index (χ3v) is 4.19. The van der Waals surface area contributed by atoms with Crippen molar-refractivity contribution in [2.75, 3.05) is 18.4 Å². The molecule has 0 unspecified atom stereocenters. The molecule has 0 atom stereocenters. The molecule has 0 bridgehead atoms. The maximum Gasteiger partial charge on any atom is 0.277 e. The second-order valence-electron chi connectivity index (χ2n) is 6.64. The van der Waals surface area contributed by atoms with Crippen molar-refractivity contribution in [3.8, 4) is 0 Å². The predicted octanol–water partition coefficient (Wildman–Crippen LogP) is 2.40. The van der Waals surface area contributed by atoms with Crippen LogP contribution >= 0.6 is 0 Å². The number of benzene rings is 2. The van der Waals surface area contributed by atoms with Crippen molar-refractivity contribution in [3.63, 3.8) is 0 Å². The summed E-state index contributed by atoms with van der Waals surface area (Å²) in [5.74, 6) is -1.27. The highest BCUT2D eigenvalue weighted by molar-refractivity contribution is 5.96. The van der Waals surface area contributed by atoms with Gasteiger partial charge in [-0.2, -0.15) is 0 Å². The first-order valence-electron chi connectivity index (χ1n) is 9.61. The van der Waals surface area contributed by atoms with Gasteiger partial charge in [-0.05, 0) is 30.7 Å². The quantitative estimate of drug-likeness (QED) is 0.287. The summed E-state index contributed by atoms with van der Waals surface area (Å²) >= 11 is 0. The van der Waals surface area contributed by atoms with Crippen LogP contribution in [0.3, 0.4) is 0 Å². The van der Waals surface area contributed by atoms with Gasteiger partial charge in [0, 0.05) is 42.9 Å². The van der Waals surface area contributed by atoms with Crippen molar-refractivity contribution < 1.29 is 24.2 Å². The normalized spacial score (nSPS) is 10.2. The van der Waals surface area contributed by atoms with Crippen molar-refractivity contribution in [1.82, 2.24) is 10.6 Å². The van der Waals surface area contributed by atoms with Crippen molar-refractivity contribution >= 4 is 34.8 Å². The fraction of sp³-hybridized carbons (Fsp3) is 0.250. The molecular weight excluding hydrogens is 422 g/mol. The molecular formula is C20H21N5O7. The Morgan fingerprint density at radius 2 is 1.31 bits per heavy atom. The van der Waals surface area contributed by atoms with E-state index < -0.39 is 33.0 Å². The number of hydrogen-bond donors (Lipinski definition) is 3. The molecule has 0 aliphatic rings. The van der Waals surface area contributed by atoms with Gasteiger partial charge in [0.05, 0.1) is 21.5 Å². The topological polar surface area (TPSA) is 174 Å². The van der Waals surface area contributed by atoms with E-state index >= 15 is 0 Å². The largest absolute Gasteiger partial charge is 0.350 e. The predicted molar refractivity (Wildman–Crippen MR) is 114 cm³/mol. The lowest BCUT2D eigenvalue weighted by atomic mass is 10.1. The highest BCUT2D eigenvalue weighted by atomic mass is 16.6. The Balaban J connectivity index is 1.87. The third-order valence-electron chi connectivity index (χ3n) is 4.19. The minimum absolute atomic E-state index is 0.00772. The monoisotopic (exact) mass is 443 g/mol. The number of carbonyl (C=O) groups excluding carboxylic acids is 3. The Hall–Kier alpha value is -4.35. The van der Waals surface area contributed by atoms with E-state index in [0.717, 1.165) is 24.6 Å². The van der Waals surface area contributed by atoms with Crippen LogP contribution in [-0.2, 0) is 4.79 Å². The summed E-state index contributed by atoms with van der Waals surface area (Å²) < 4.78 is 0. The van der Waals surface area contributed by atoms with Gasteiger partial charge in [0.2, 0.25) is 5.91 Å². The zero-order valence-corrected chi connectivity index (χ0v) is 17.1. The lowest BCUT2D eigenvalue weighted by Gasteiger charge is -2.08. The molecule has 0 saturated carbocycles. The third kappa shape index (κ3) is 6.86. The molecule has 32 heavy (non-hydrogen) atoms. The summed E-state index contributed by atoms with van der Waals surface area (Å²) in [7, 11) is 0. The lowest BCUT2D eigenvalue weighted by molar-refractivity contribution is -0.394. The molecule has 2 aromatic carbocycles. The molecule has 2 rings (SSSR count). The minimum atomic E-state index is -0.829. The number of amides is 3. The fourth-order valence-corrected chi connectivity index (χ4v) is 2.65. The van der Waals surface area contributed by atoms with E-state index in [1.165, 1.54) is 12.1 Å². The van der Waals surface area contributed by atoms with Crippen LogP contribution in [0.2, 0.25) is 0 Å². The molecule has 0 fully saturated rings. The minimum Gasteiger partial charge on any atom is -0.350 e. The zero-order valence-electron chi connectivity index (χ0n) is 17.1. The highest BCUT2D eigenvalue weighted by Crippen LogP contribution is 2.22. The van der Waals surface area contributed by atoms with E-state index in [-0.39, 0.29) is 24.6 Å². The molecule has 0 aromatic heterocycles. The van der Waals surface area contributed by atoms with Gasteiger partial charge in [0.1, 0.15) is 0 Å². The summed E-state index contributed by atoms with van der Waals surface area (Å²) in [5.41, 5.74) is -0.477. The van der Waals surface area contributed by atoms with Gasteiger partial charge in [0.25, 0.3) is 23.2 Å². The van der Waals surface area contributed by atoms with Crippen molar-refractivity contribution in [1.29, 1.82) is 0 Å². The number of nitrogens with one attached hydrogen (secondary N) is 3. The Kier molecular flexibility index (Phi) is 8.34. The van der Waals surface area contributed by atoms with E-state index in [4.69, 9.17) is 0 Å². The SMILES string of the molecule is CCCC(=O)Nc1ccc(C(=O)NCCNC(=O)c2cc([N+](=O)[O-])cc([N+](=O)[O-])c2)cc1. The van der Waals surface area contributed by atoms with Gasteiger partial charge in [0.15, 0.2) is 0 Å². The van der Waals surface area contributed by atoms with Gasteiger partial charge in [-0.15, -0.1) is 0 Å². The van der Waals surface area contributed by atoms with E-state index in [2.05, 4.69) is 16.0 Å². The number of nitro benzene ring substituents is 2. The molecule has 0 heterocycles. The Bertz CT molecular complexity index is 1000. The van der Waals surface area contributed by atoms with Crippen LogP contribution in [0.1, 0.15) is 40.5 Å². The summed E-state index contributed by atoms with van der Waals surface area (Å²) in [4.78, 5) is 56.1.